The van der Waals surface area contributed by atoms with Gasteiger partial charge in [0.15, 0.2) is 0 Å². The van der Waals surface area contributed by atoms with Gasteiger partial charge in [0.05, 0.1) is 24.7 Å². The van der Waals surface area contributed by atoms with Gasteiger partial charge in [0.2, 0.25) is 0 Å². The lowest BCUT2D eigenvalue weighted by Gasteiger charge is -2.27. The number of hydrogen-bond acceptors (Lipinski definition) is 7. The second-order valence-corrected chi connectivity index (χ2v) is 8.96. The average Bonchev–Trinajstić information content (AvgIpc) is 2.96. The lowest BCUT2D eigenvalue weighted by Crippen LogP contribution is -2.44. The number of amides is 1. The number of likely N-dealkylation sites (tertiary alicyclic amines) is 1. The summed E-state index contributed by atoms with van der Waals surface area (Å²) >= 11 is 0. The summed E-state index contributed by atoms with van der Waals surface area (Å²) in [6.07, 6.45) is -1.61. The third kappa shape index (κ3) is 5.43. The number of rotatable bonds is 4. The highest BCUT2D eigenvalue weighted by atomic mass is 32.2. The first kappa shape index (κ1) is 21.2. The van der Waals surface area contributed by atoms with E-state index >= 15 is 0 Å². The van der Waals surface area contributed by atoms with E-state index in [9.17, 15) is 18.0 Å². The van der Waals surface area contributed by atoms with Crippen LogP contribution in [0.4, 0.5) is 4.79 Å². The number of esters is 1. The summed E-state index contributed by atoms with van der Waals surface area (Å²) < 4.78 is 40.3. The molecule has 0 N–H and O–H groups in total. The summed E-state index contributed by atoms with van der Waals surface area (Å²) in [4.78, 5) is 25.6. The Morgan fingerprint density at radius 1 is 1.15 bits per heavy atom. The molecule has 1 aromatic rings. The molecule has 1 fully saturated rings. The van der Waals surface area contributed by atoms with Crippen LogP contribution >= 0.6 is 0 Å². The SMILES string of the molecule is COC(=O)[C@H]1C[C@@H](OS(=O)(=O)c2ccc(C)cc2)CN1C(=O)OC(C)(C)C. The van der Waals surface area contributed by atoms with Gasteiger partial charge in [-0.1, -0.05) is 17.7 Å². The molecule has 2 atom stereocenters. The first-order chi connectivity index (χ1) is 12.4. The van der Waals surface area contributed by atoms with Gasteiger partial charge in [-0.05, 0) is 39.8 Å². The van der Waals surface area contributed by atoms with Crippen molar-refractivity contribution in [3.05, 3.63) is 29.8 Å². The van der Waals surface area contributed by atoms with Crippen LogP contribution in [0.5, 0.6) is 0 Å². The van der Waals surface area contributed by atoms with E-state index in [4.69, 9.17) is 13.7 Å². The fourth-order valence-corrected chi connectivity index (χ4v) is 3.77. The Bertz CT molecular complexity index is 796. The van der Waals surface area contributed by atoms with Gasteiger partial charge in [-0.2, -0.15) is 8.42 Å². The molecule has 150 valence electrons. The molecule has 1 saturated heterocycles. The van der Waals surface area contributed by atoms with Crippen molar-refractivity contribution < 1.29 is 31.7 Å². The number of carbonyl (C=O) groups is 2. The molecule has 1 aliphatic rings. The number of ether oxygens (including phenoxy) is 2. The van der Waals surface area contributed by atoms with Gasteiger partial charge >= 0.3 is 12.1 Å². The quantitative estimate of drug-likeness (QED) is 0.565. The third-order valence-electron chi connectivity index (χ3n) is 3.94. The molecule has 0 bridgehead atoms. The van der Waals surface area contributed by atoms with E-state index in [0.29, 0.717) is 0 Å². The van der Waals surface area contributed by atoms with Crippen LogP contribution < -0.4 is 0 Å². The summed E-state index contributed by atoms with van der Waals surface area (Å²) in [6, 6.07) is 5.25. The minimum absolute atomic E-state index is 0.00297. The largest absolute Gasteiger partial charge is 0.467 e. The maximum atomic E-state index is 12.5. The van der Waals surface area contributed by atoms with Gasteiger partial charge in [-0.15, -0.1) is 0 Å². The Morgan fingerprint density at radius 2 is 1.74 bits per heavy atom. The zero-order chi connectivity index (χ0) is 20.4. The van der Waals surface area contributed by atoms with E-state index in [2.05, 4.69) is 0 Å². The normalized spacial score (nSPS) is 20.4. The van der Waals surface area contributed by atoms with Crippen molar-refractivity contribution >= 4 is 22.2 Å². The van der Waals surface area contributed by atoms with E-state index in [1.54, 1.807) is 32.9 Å². The molecule has 8 nitrogen and oxygen atoms in total. The molecule has 2 rings (SSSR count). The molecule has 1 heterocycles. The van der Waals surface area contributed by atoms with Crippen molar-refractivity contribution in [3.63, 3.8) is 0 Å². The molecular formula is C18H25NO7S. The van der Waals surface area contributed by atoms with Gasteiger partial charge in [-0.25, -0.2) is 9.59 Å². The van der Waals surface area contributed by atoms with E-state index in [1.165, 1.54) is 19.2 Å². The predicted octanol–water partition coefficient (Wildman–Crippen LogP) is 2.25. The minimum atomic E-state index is -4.03. The Labute approximate surface area is 159 Å². The van der Waals surface area contributed by atoms with Crippen LogP contribution in [0.2, 0.25) is 0 Å². The fourth-order valence-electron chi connectivity index (χ4n) is 2.69. The molecule has 0 aliphatic carbocycles. The Balaban J connectivity index is 2.18. The van der Waals surface area contributed by atoms with Crippen LogP contribution in [0, 0.1) is 6.92 Å². The summed E-state index contributed by atoms with van der Waals surface area (Å²) in [5, 5.41) is 0. The van der Waals surface area contributed by atoms with Crippen molar-refractivity contribution in [2.45, 2.75) is 56.8 Å². The molecule has 0 radical (unpaired) electrons. The van der Waals surface area contributed by atoms with Crippen molar-refractivity contribution in [3.8, 4) is 0 Å². The first-order valence-corrected chi connectivity index (χ1v) is 9.91. The molecular weight excluding hydrogens is 374 g/mol. The molecule has 0 aromatic heterocycles. The third-order valence-corrected chi connectivity index (χ3v) is 5.31. The summed E-state index contributed by atoms with van der Waals surface area (Å²) in [5.41, 5.74) is 0.154. The van der Waals surface area contributed by atoms with Crippen molar-refractivity contribution in [1.82, 2.24) is 4.90 Å². The highest BCUT2D eigenvalue weighted by Crippen LogP contribution is 2.27. The molecule has 0 saturated carbocycles. The Kier molecular flexibility index (Phi) is 6.16. The maximum Gasteiger partial charge on any atom is 0.411 e. The molecule has 0 spiro atoms. The molecule has 9 heteroatoms. The van der Waals surface area contributed by atoms with Gasteiger partial charge < -0.3 is 9.47 Å². The van der Waals surface area contributed by atoms with Crippen LogP contribution in [-0.4, -0.2) is 56.8 Å². The zero-order valence-corrected chi connectivity index (χ0v) is 16.9. The predicted molar refractivity (Wildman–Crippen MR) is 96.6 cm³/mol. The molecule has 27 heavy (non-hydrogen) atoms. The van der Waals surface area contributed by atoms with E-state index in [-0.39, 0.29) is 17.9 Å². The second-order valence-electron chi connectivity index (χ2n) is 7.39. The molecule has 1 aromatic carbocycles. The van der Waals surface area contributed by atoms with E-state index in [1.807, 2.05) is 6.92 Å². The number of hydrogen-bond donors (Lipinski definition) is 0. The van der Waals surface area contributed by atoms with Gasteiger partial charge in [-0.3, -0.25) is 9.08 Å². The van der Waals surface area contributed by atoms with Crippen molar-refractivity contribution in [2.75, 3.05) is 13.7 Å². The van der Waals surface area contributed by atoms with Crippen molar-refractivity contribution in [1.29, 1.82) is 0 Å². The summed E-state index contributed by atoms with van der Waals surface area (Å²) in [5.74, 6) is -0.653. The Morgan fingerprint density at radius 3 is 2.26 bits per heavy atom. The van der Waals surface area contributed by atoms with Crippen LogP contribution in [0.15, 0.2) is 29.2 Å². The van der Waals surface area contributed by atoms with Gasteiger partial charge in [0.1, 0.15) is 11.6 Å². The summed E-state index contributed by atoms with van der Waals surface area (Å²) in [6.45, 7) is 6.84. The van der Waals surface area contributed by atoms with Crippen LogP contribution in [0.1, 0.15) is 32.8 Å². The molecule has 1 aliphatic heterocycles. The Hall–Kier alpha value is -2.13. The topological polar surface area (TPSA) is 99.2 Å². The van der Waals surface area contributed by atoms with Crippen LogP contribution in [-0.2, 0) is 28.6 Å². The van der Waals surface area contributed by atoms with Gasteiger partial charge in [0.25, 0.3) is 10.1 Å². The monoisotopic (exact) mass is 399 g/mol. The lowest BCUT2D eigenvalue weighted by atomic mass is 10.2. The standard InChI is InChI=1S/C18H25NO7S/c1-12-6-8-14(9-7-12)27(22,23)26-13-10-15(16(20)24-5)19(11-13)17(21)25-18(2,3)4/h6-9,13,15H,10-11H2,1-5H3/t13-,15-/m1/s1. The number of benzene rings is 1. The number of nitrogens with zero attached hydrogens (tertiary/aromatic N) is 1. The maximum absolute atomic E-state index is 12.5. The van der Waals surface area contributed by atoms with Crippen molar-refractivity contribution in [2.24, 2.45) is 0 Å². The molecule has 1 amide bonds. The highest BCUT2D eigenvalue weighted by Gasteiger charge is 2.44. The smallest absolute Gasteiger partial charge is 0.411 e. The summed E-state index contributed by atoms with van der Waals surface area (Å²) in [7, 11) is -2.83. The number of methoxy groups -OCH3 is 1. The van der Waals surface area contributed by atoms with Crippen LogP contribution in [0.25, 0.3) is 0 Å². The average molecular weight is 399 g/mol. The van der Waals surface area contributed by atoms with Gasteiger partial charge in [0, 0.05) is 6.42 Å². The van der Waals surface area contributed by atoms with E-state index in [0.717, 1.165) is 10.5 Å². The molecule has 0 unspecified atom stereocenters. The number of aryl methyl sites for hydroxylation is 1. The number of carbonyl (C=O) groups excluding carboxylic acids is 2. The second kappa shape index (κ2) is 7.85. The fraction of sp³-hybridized carbons (Fsp3) is 0.556. The van der Waals surface area contributed by atoms with Crippen LogP contribution in [0.3, 0.4) is 0 Å². The zero-order valence-electron chi connectivity index (χ0n) is 16.1. The minimum Gasteiger partial charge on any atom is -0.467 e. The first-order valence-electron chi connectivity index (χ1n) is 8.50. The highest BCUT2D eigenvalue weighted by molar-refractivity contribution is 7.86. The lowest BCUT2D eigenvalue weighted by molar-refractivity contribution is -0.145. The van der Waals surface area contributed by atoms with E-state index < -0.39 is 39.9 Å².